The summed E-state index contributed by atoms with van der Waals surface area (Å²) in [6.45, 7) is 9.98. The summed E-state index contributed by atoms with van der Waals surface area (Å²) in [6.07, 6.45) is 1.98. The maximum absolute atomic E-state index is 12.1. The van der Waals surface area contributed by atoms with Crippen molar-refractivity contribution in [2.24, 2.45) is 0 Å². The normalized spacial score (nSPS) is 12.0. The van der Waals surface area contributed by atoms with E-state index in [0.29, 0.717) is 11.7 Å². The van der Waals surface area contributed by atoms with E-state index in [1.165, 1.54) is 22.5 Å². The number of carbonyl (C=O) groups is 1. The summed E-state index contributed by atoms with van der Waals surface area (Å²) in [6, 6.07) is 6.25. The third-order valence-electron chi connectivity index (χ3n) is 3.45. The van der Waals surface area contributed by atoms with E-state index in [2.05, 4.69) is 48.9 Å². The third-order valence-corrected chi connectivity index (χ3v) is 4.21. The summed E-state index contributed by atoms with van der Waals surface area (Å²) < 4.78 is 5.43. The number of amides is 1. The van der Waals surface area contributed by atoms with Crippen LogP contribution in [0.25, 0.3) is 11.3 Å². The molecule has 1 aromatic heterocycles. The topological polar surface area (TPSA) is 51.2 Å². The molecule has 23 heavy (non-hydrogen) atoms. The van der Waals surface area contributed by atoms with Crippen molar-refractivity contribution in [2.45, 2.75) is 33.3 Å². The molecule has 1 unspecified atom stereocenters. The molecule has 0 bridgehead atoms. The van der Waals surface area contributed by atoms with Crippen LogP contribution in [0.15, 0.2) is 36.2 Å². The van der Waals surface area contributed by atoms with Crippen LogP contribution in [0.1, 0.15) is 24.5 Å². The Balaban J connectivity index is 2.02. The number of benzene rings is 1. The molecule has 2 rings (SSSR count). The summed E-state index contributed by atoms with van der Waals surface area (Å²) >= 11 is 1.42. The number of thiazole rings is 1. The number of nitrogens with zero attached hydrogens (tertiary/aromatic N) is 1. The Hall–Kier alpha value is -1.98. The van der Waals surface area contributed by atoms with Crippen molar-refractivity contribution in [1.82, 2.24) is 4.98 Å². The molecule has 1 amide bonds. The average molecular weight is 330 g/mol. The molecule has 0 fully saturated rings. The molecule has 0 aliphatic rings. The van der Waals surface area contributed by atoms with Gasteiger partial charge in [-0.1, -0.05) is 29.8 Å². The van der Waals surface area contributed by atoms with Crippen molar-refractivity contribution in [2.75, 3.05) is 11.9 Å². The van der Waals surface area contributed by atoms with Gasteiger partial charge in [-0.25, -0.2) is 4.98 Å². The summed E-state index contributed by atoms with van der Waals surface area (Å²) in [7, 11) is 0. The van der Waals surface area contributed by atoms with Crippen LogP contribution in [0.5, 0.6) is 0 Å². The molecule has 1 N–H and O–H groups in total. The van der Waals surface area contributed by atoms with E-state index in [9.17, 15) is 4.79 Å². The minimum Gasteiger partial charge on any atom is -0.368 e. The number of anilines is 1. The molecular weight excluding hydrogens is 308 g/mol. The van der Waals surface area contributed by atoms with E-state index in [-0.39, 0.29) is 5.91 Å². The first-order valence-corrected chi connectivity index (χ1v) is 8.45. The smallest absolute Gasteiger partial charge is 0.254 e. The molecule has 1 aromatic carbocycles. The highest BCUT2D eigenvalue weighted by atomic mass is 32.1. The zero-order valence-electron chi connectivity index (χ0n) is 13.8. The standard InChI is InChI=1S/C18H22N2O2S/c1-5-6-9-22-14(4)17(21)20-18-19-16(11-23-18)15-8-7-12(2)10-13(15)3/h5,7-8,10-11,14H,1,6,9H2,2-4H3,(H,19,20,21). The maximum atomic E-state index is 12.1. The monoisotopic (exact) mass is 330 g/mol. The molecule has 0 saturated heterocycles. The van der Waals surface area contributed by atoms with Gasteiger partial charge in [0, 0.05) is 10.9 Å². The summed E-state index contributed by atoms with van der Waals surface area (Å²) in [5.74, 6) is -0.185. The van der Waals surface area contributed by atoms with Crippen molar-refractivity contribution in [3.05, 3.63) is 47.4 Å². The fourth-order valence-corrected chi connectivity index (χ4v) is 2.88. The number of carbonyl (C=O) groups excluding carboxylic acids is 1. The molecule has 4 nitrogen and oxygen atoms in total. The van der Waals surface area contributed by atoms with Gasteiger partial charge < -0.3 is 4.74 Å². The predicted octanol–water partition coefficient (Wildman–Crippen LogP) is 4.35. The predicted molar refractivity (Wildman–Crippen MR) is 95.9 cm³/mol. The number of nitrogens with one attached hydrogen (secondary N) is 1. The number of aryl methyl sites for hydroxylation is 2. The average Bonchev–Trinajstić information content (AvgIpc) is 2.95. The highest BCUT2D eigenvalue weighted by Crippen LogP contribution is 2.28. The van der Waals surface area contributed by atoms with Gasteiger partial charge in [-0.3, -0.25) is 10.1 Å². The Morgan fingerprint density at radius 1 is 1.48 bits per heavy atom. The molecule has 1 atom stereocenters. The molecule has 0 saturated carbocycles. The number of hydrogen-bond acceptors (Lipinski definition) is 4. The Kier molecular flexibility index (Phi) is 6.07. The van der Waals surface area contributed by atoms with Gasteiger partial charge in [0.05, 0.1) is 12.3 Å². The third kappa shape index (κ3) is 4.74. The summed E-state index contributed by atoms with van der Waals surface area (Å²) in [5, 5.41) is 5.35. The van der Waals surface area contributed by atoms with Crippen molar-refractivity contribution in [3.63, 3.8) is 0 Å². The van der Waals surface area contributed by atoms with E-state index in [4.69, 9.17) is 4.74 Å². The first-order chi connectivity index (χ1) is 11.0. The Labute approximate surface area is 141 Å². The van der Waals surface area contributed by atoms with Crippen LogP contribution in [0.2, 0.25) is 0 Å². The van der Waals surface area contributed by atoms with E-state index < -0.39 is 6.10 Å². The van der Waals surface area contributed by atoms with Crippen LogP contribution >= 0.6 is 11.3 Å². The van der Waals surface area contributed by atoms with Crippen LogP contribution in [0.3, 0.4) is 0 Å². The zero-order valence-corrected chi connectivity index (χ0v) is 14.6. The lowest BCUT2D eigenvalue weighted by Gasteiger charge is -2.11. The Bertz CT molecular complexity index is 694. The molecule has 0 aliphatic heterocycles. The second kappa shape index (κ2) is 8.04. The van der Waals surface area contributed by atoms with E-state index in [0.717, 1.165) is 17.7 Å². The first kappa shape index (κ1) is 17.4. The highest BCUT2D eigenvalue weighted by molar-refractivity contribution is 7.14. The number of rotatable bonds is 7. The quantitative estimate of drug-likeness (QED) is 0.606. The van der Waals surface area contributed by atoms with E-state index >= 15 is 0 Å². The van der Waals surface area contributed by atoms with Crippen molar-refractivity contribution >= 4 is 22.4 Å². The molecule has 1 heterocycles. The summed E-state index contributed by atoms with van der Waals surface area (Å²) in [5.41, 5.74) is 4.36. The summed E-state index contributed by atoms with van der Waals surface area (Å²) in [4.78, 5) is 16.6. The van der Waals surface area contributed by atoms with E-state index in [1.54, 1.807) is 13.0 Å². The lowest BCUT2D eigenvalue weighted by molar-refractivity contribution is -0.126. The minimum atomic E-state index is -0.511. The maximum Gasteiger partial charge on any atom is 0.254 e. The first-order valence-electron chi connectivity index (χ1n) is 7.57. The lowest BCUT2D eigenvalue weighted by Crippen LogP contribution is -2.27. The zero-order chi connectivity index (χ0) is 16.8. The Morgan fingerprint density at radius 3 is 2.96 bits per heavy atom. The molecule has 0 radical (unpaired) electrons. The molecular formula is C18H22N2O2S. The van der Waals surface area contributed by atoms with E-state index in [1.807, 2.05) is 5.38 Å². The van der Waals surface area contributed by atoms with Crippen molar-refractivity contribution in [1.29, 1.82) is 0 Å². The van der Waals surface area contributed by atoms with Gasteiger partial charge in [-0.2, -0.15) is 0 Å². The fourth-order valence-electron chi connectivity index (χ4n) is 2.17. The Morgan fingerprint density at radius 2 is 2.26 bits per heavy atom. The van der Waals surface area contributed by atoms with Crippen LogP contribution in [0, 0.1) is 13.8 Å². The van der Waals surface area contributed by atoms with Crippen LogP contribution in [-0.4, -0.2) is 23.6 Å². The van der Waals surface area contributed by atoms with Gasteiger partial charge in [0.2, 0.25) is 0 Å². The molecule has 0 aliphatic carbocycles. The van der Waals surface area contributed by atoms with Gasteiger partial charge in [0.25, 0.3) is 5.91 Å². The van der Waals surface area contributed by atoms with Gasteiger partial charge in [-0.05, 0) is 32.8 Å². The highest BCUT2D eigenvalue weighted by Gasteiger charge is 2.15. The number of hydrogen-bond donors (Lipinski definition) is 1. The van der Waals surface area contributed by atoms with Gasteiger partial charge in [0.1, 0.15) is 6.10 Å². The molecule has 2 aromatic rings. The molecule has 122 valence electrons. The minimum absolute atomic E-state index is 0.185. The van der Waals surface area contributed by atoms with Crippen LogP contribution < -0.4 is 5.32 Å². The number of ether oxygens (including phenoxy) is 1. The molecule has 0 spiro atoms. The van der Waals surface area contributed by atoms with Gasteiger partial charge >= 0.3 is 0 Å². The lowest BCUT2D eigenvalue weighted by atomic mass is 10.0. The fraction of sp³-hybridized carbons (Fsp3) is 0.333. The largest absolute Gasteiger partial charge is 0.368 e. The van der Waals surface area contributed by atoms with Crippen LogP contribution in [-0.2, 0) is 9.53 Å². The second-order valence-electron chi connectivity index (χ2n) is 5.44. The second-order valence-corrected chi connectivity index (χ2v) is 6.29. The SMILES string of the molecule is C=CCCOC(C)C(=O)Nc1nc(-c2ccc(C)cc2C)cs1. The molecule has 5 heteroatoms. The van der Waals surface area contributed by atoms with Crippen molar-refractivity contribution < 1.29 is 9.53 Å². The van der Waals surface area contributed by atoms with Gasteiger partial charge in [-0.15, -0.1) is 17.9 Å². The number of aromatic nitrogens is 1. The van der Waals surface area contributed by atoms with Crippen LogP contribution in [0.4, 0.5) is 5.13 Å². The van der Waals surface area contributed by atoms with Crippen molar-refractivity contribution in [3.8, 4) is 11.3 Å². The van der Waals surface area contributed by atoms with Gasteiger partial charge in [0.15, 0.2) is 5.13 Å².